The number of hydrogen-bond donors (Lipinski definition) is 2. The van der Waals surface area contributed by atoms with Crippen LogP contribution >= 0.6 is 15.9 Å². The Balaban J connectivity index is 1.76. The molecular weight excluding hydrogens is 398 g/mol. The first-order chi connectivity index (χ1) is 12.4. The van der Waals surface area contributed by atoms with Crippen molar-refractivity contribution in [1.82, 2.24) is 4.98 Å². The Morgan fingerprint density at radius 1 is 1.23 bits per heavy atom. The normalized spacial score (nSPS) is 11.4. The van der Waals surface area contributed by atoms with Gasteiger partial charge in [0.1, 0.15) is 5.75 Å². The molecule has 0 saturated heterocycles. The van der Waals surface area contributed by atoms with Crippen LogP contribution in [0, 0.1) is 20.8 Å². The molecule has 7 heteroatoms. The largest absolute Gasteiger partial charge is 0.493 e. The number of H-pyrrole nitrogens is 1. The molecule has 2 N–H and O–H groups in total. The van der Waals surface area contributed by atoms with Crippen molar-refractivity contribution in [3.05, 3.63) is 51.5 Å². The first kappa shape index (κ1) is 18.1. The molecule has 2 aromatic carbocycles. The van der Waals surface area contributed by atoms with Gasteiger partial charge in [-0.05, 0) is 55.7 Å². The number of halogens is 1. The Hall–Kier alpha value is -2.67. The fraction of sp³-hybridized carbons (Fsp3) is 0.211. The highest BCUT2D eigenvalue weighted by atomic mass is 79.9. The summed E-state index contributed by atoms with van der Waals surface area (Å²) in [5, 5.41) is 18.3. The lowest BCUT2D eigenvalue weighted by Crippen LogP contribution is -2.08. The van der Waals surface area contributed by atoms with Gasteiger partial charge in [-0.2, -0.15) is 0 Å². The van der Waals surface area contributed by atoms with Gasteiger partial charge >= 0.3 is 5.91 Å². The van der Waals surface area contributed by atoms with Crippen LogP contribution in [-0.4, -0.2) is 22.6 Å². The highest BCUT2D eigenvalue weighted by molar-refractivity contribution is 9.10. The molecule has 0 aliphatic carbocycles. The molecule has 134 valence electrons. The van der Waals surface area contributed by atoms with Crippen molar-refractivity contribution < 1.29 is 14.6 Å². The molecule has 3 aromatic rings. The summed E-state index contributed by atoms with van der Waals surface area (Å²) >= 11 is 3.44. The summed E-state index contributed by atoms with van der Waals surface area (Å²) in [5.41, 5.74) is 3.98. The lowest BCUT2D eigenvalue weighted by atomic mass is 10.1. The third kappa shape index (κ3) is 3.62. The monoisotopic (exact) mass is 415 g/mol. The zero-order valence-corrected chi connectivity index (χ0v) is 16.2. The summed E-state index contributed by atoms with van der Waals surface area (Å²) in [4.78, 5) is 14.8. The SMILES string of the molecule is Cc1cc2c(N=NC(=O)COc3cccc(C)c3C)c(O)[nH]c2cc1Br. The van der Waals surface area contributed by atoms with Gasteiger partial charge in [-0.15, -0.1) is 10.2 Å². The summed E-state index contributed by atoms with van der Waals surface area (Å²) in [5.74, 6) is -0.0260. The van der Waals surface area contributed by atoms with E-state index in [1.807, 2.05) is 45.0 Å². The maximum Gasteiger partial charge on any atom is 0.302 e. The molecule has 26 heavy (non-hydrogen) atoms. The number of benzene rings is 2. The highest BCUT2D eigenvalue weighted by Crippen LogP contribution is 2.37. The van der Waals surface area contributed by atoms with E-state index in [1.165, 1.54) is 0 Å². The van der Waals surface area contributed by atoms with E-state index < -0.39 is 5.91 Å². The van der Waals surface area contributed by atoms with Gasteiger partial charge in [-0.25, -0.2) is 0 Å². The summed E-state index contributed by atoms with van der Waals surface area (Å²) in [6.45, 7) is 5.62. The molecule has 0 bridgehead atoms. The van der Waals surface area contributed by atoms with E-state index in [2.05, 4.69) is 31.1 Å². The average molecular weight is 416 g/mol. The third-order valence-electron chi connectivity index (χ3n) is 4.20. The lowest BCUT2D eigenvalue weighted by molar-refractivity contribution is -0.120. The first-order valence-corrected chi connectivity index (χ1v) is 8.80. The molecule has 1 aromatic heterocycles. The Labute approximate surface area is 159 Å². The number of aromatic hydroxyl groups is 1. The number of hydrogen-bond acceptors (Lipinski definition) is 4. The van der Waals surface area contributed by atoms with Crippen LogP contribution < -0.4 is 4.74 Å². The zero-order valence-electron chi connectivity index (χ0n) is 14.6. The second-order valence-corrected chi connectivity index (χ2v) is 6.90. The Morgan fingerprint density at radius 2 is 2.00 bits per heavy atom. The quantitative estimate of drug-likeness (QED) is 0.570. The number of azo groups is 1. The number of nitrogens with zero attached hydrogens (tertiary/aromatic N) is 2. The van der Waals surface area contributed by atoms with Crippen LogP contribution in [0.1, 0.15) is 16.7 Å². The topological polar surface area (TPSA) is 87.0 Å². The number of aromatic amines is 1. The smallest absolute Gasteiger partial charge is 0.302 e. The lowest BCUT2D eigenvalue weighted by Gasteiger charge is -2.08. The molecule has 0 fully saturated rings. The van der Waals surface area contributed by atoms with Crippen LogP contribution in [0.15, 0.2) is 45.0 Å². The van der Waals surface area contributed by atoms with Crippen LogP contribution in [0.4, 0.5) is 5.69 Å². The van der Waals surface area contributed by atoms with Crippen LogP contribution in [0.2, 0.25) is 0 Å². The fourth-order valence-electron chi connectivity index (χ4n) is 2.55. The third-order valence-corrected chi connectivity index (χ3v) is 5.05. The van der Waals surface area contributed by atoms with E-state index in [-0.39, 0.29) is 18.2 Å². The van der Waals surface area contributed by atoms with Gasteiger partial charge in [0, 0.05) is 9.86 Å². The van der Waals surface area contributed by atoms with Crippen molar-refractivity contribution in [3.8, 4) is 11.6 Å². The maximum atomic E-state index is 12.0. The minimum atomic E-state index is -0.534. The predicted octanol–water partition coefficient (Wildman–Crippen LogP) is 5.25. The molecule has 0 radical (unpaired) electrons. The predicted molar refractivity (Wildman–Crippen MR) is 103 cm³/mol. The number of ether oxygens (including phenoxy) is 1. The molecular formula is C19H18BrN3O3. The van der Waals surface area contributed by atoms with Gasteiger partial charge in [0.05, 0.1) is 5.52 Å². The molecule has 0 saturated carbocycles. The zero-order chi connectivity index (χ0) is 18.8. The number of carbonyl (C=O) groups is 1. The number of rotatable bonds is 4. The molecule has 0 spiro atoms. The standard InChI is InChI=1S/C19H18BrN3O3/c1-10-5-4-6-16(12(10)3)26-9-17(24)22-23-18-13-7-11(2)14(20)8-15(13)21-19(18)25/h4-8,21,25H,9H2,1-3H3. The molecule has 6 nitrogen and oxygen atoms in total. The Morgan fingerprint density at radius 3 is 2.77 bits per heavy atom. The Bertz CT molecular complexity index is 1020. The molecule has 0 atom stereocenters. The van der Waals surface area contributed by atoms with Crippen LogP contribution in [0.25, 0.3) is 10.9 Å². The summed E-state index contributed by atoms with van der Waals surface area (Å²) in [6.07, 6.45) is 0. The molecule has 0 aliphatic heterocycles. The van der Waals surface area contributed by atoms with Crippen LogP contribution in [-0.2, 0) is 4.79 Å². The summed E-state index contributed by atoms with van der Waals surface area (Å²) < 4.78 is 6.43. The minimum Gasteiger partial charge on any atom is -0.493 e. The van der Waals surface area contributed by atoms with E-state index in [4.69, 9.17) is 4.74 Å². The molecule has 0 unspecified atom stereocenters. The number of fused-ring (bicyclic) bond motifs is 1. The Kier molecular flexibility index (Phi) is 5.08. The molecule has 1 heterocycles. The van der Waals surface area contributed by atoms with Crippen molar-refractivity contribution >= 4 is 38.4 Å². The maximum absolute atomic E-state index is 12.0. The summed E-state index contributed by atoms with van der Waals surface area (Å²) in [6, 6.07) is 9.35. The van der Waals surface area contributed by atoms with Gasteiger partial charge in [0.15, 0.2) is 12.3 Å². The number of aromatic nitrogens is 1. The fourth-order valence-corrected chi connectivity index (χ4v) is 2.89. The first-order valence-electron chi connectivity index (χ1n) is 8.01. The molecule has 0 aliphatic rings. The molecule has 3 rings (SSSR count). The van der Waals surface area contributed by atoms with Crippen molar-refractivity contribution in [2.24, 2.45) is 10.2 Å². The minimum absolute atomic E-state index is 0.135. The van der Waals surface area contributed by atoms with Crippen LogP contribution in [0.3, 0.4) is 0 Å². The van der Waals surface area contributed by atoms with Gasteiger partial charge in [-0.1, -0.05) is 28.1 Å². The second-order valence-electron chi connectivity index (χ2n) is 6.05. The van der Waals surface area contributed by atoms with Gasteiger partial charge in [-0.3, -0.25) is 4.79 Å². The van der Waals surface area contributed by atoms with Crippen molar-refractivity contribution in [2.75, 3.05) is 6.61 Å². The highest BCUT2D eigenvalue weighted by Gasteiger charge is 2.13. The van der Waals surface area contributed by atoms with Crippen molar-refractivity contribution in [1.29, 1.82) is 0 Å². The number of carbonyl (C=O) groups excluding carboxylic acids is 1. The van der Waals surface area contributed by atoms with Gasteiger partial charge in [0.2, 0.25) is 5.88 Å². The van der Waals surface area contributed by atoms with E-state index >= 15 is 0 Å². The number of nitrogens with one attached hydrogen (secondary N) is 1. The second kappa shape index (κ2) is 7.29. The number of amides is 1. The van der Waals surface area contributed by atoms with E-state index in [0.29, 0.717) is 16.7 Å². The average Bonchev–Trinajstić information content (AvgIpc) is 2.89. The van der Waals surface area contributed by atoms with Crippen molar-refractivity contribution in [2.45, 2.75) is 20.8 Å². The molecule has 1 amide bonds. The van der Waals surface area contributed by atoms with E-state index in [9.17, 15) is 9.90 Å². The van der Waals surface area contributed by atoms with E-state index in [0.717, 1.165) is 21.2 Å². The van der Waals surface area contributed by atoms with Crippen LogP contribution in [0.5, 0.6) is 11.6 Å². The van der Waals surface area contributed by atoms with Crippen molar-refractivity contribution in [3.63, 3.8) is 0 Å². The van der Waals surface area contributed by atoms with Gasteiger partial charge in [0.25, 0.3) is 0 Å². The number of aryl methyl sites for hydroxylation is 2. The summed E-state index contributed by atoms with van der Waals surface area (Å²) in [7, 11) is 0. The van der Waals surface area contributed by atoms with Gasteiger partial charge < -0.3 is 14.8 Å². The van der Waals surface area contributed by atoms with E-state index in [1.54, 1.807) is 6.07 Å².